The number of nitrogens with zero attached hydrogens (tertiary/aromatic N) is 1. The van der Waals surface area contributed by atoms with E-state index >= 15 is 0 Å². The zero-order valence-corrected chi connectivity index (χ0v) is 12.5. The SMILES string of the molecule is CC(C)(C=C(c1ccccc1)c1ccccc1)/C=C/C#N. The number of hydrogen-bond acceptors (Lipinski definition) is 1. The highest BCUT2D eigenvalue weighted by Gasteiger charge is 2.14. The normalized spacial score (nSPS) is 11.1. The Morgan fingerprint density at radius 2 is 1.38 bits per heavy atom. The number of rotatable bonds is 4. The average Bonchev–Trinajstić information content (AvgIpc) is 2.52. The Labute approximate surface area is 126 Å². The van der Waals surface area contributed by atoms with Gasteiger partial charge in [-0.3, -0.25) is 0 Å². The Hall–Kier alpha value is -2.59. The third-order valence-electron chi connectivity index (χ3n) is 3.27. The average molecular weight is 273 g/mol. The van der Waals surface area contributed by atoms with E-state index in [4.69, 9.17) is 5.26 Å². The third kappa shape index (κ3) is 4.19. The van der Waals surface area contributed by atoms with Gasteiger partial charge in [0.1, 0.15) is 0 Å². The van der Waals surface area contributed by atoms with Crippen LogP contribution in [-0.4, -0.2) is 0 Å². The van der Waals surface area contributed by atoms with E-state index in [2.05, 4.69) is 50.3 Å². The summed E-state index contributed by atoms with van der Waals surface area (Å²) in [5, 5.41) is 8.74. The van der Waals surface area contributed by atoms with Crippen molar-refractivity contribution in [3.05, 3.63) is 90.0 Å². The second-order valence-corrected chi connectivity index (χ2v) is 5.57. The lowest BCUT2D eigenvalue weighted by Gasteiger charge is -2.18. The fourth-order valence-corrected chi connectivity index (χ4v) is 2.24. The van der Waals surface area contributed by atoms with E-state index in [1.54, 1.807) is 6.08 Å². The fraction of sp³-hybridized carbons (Fsp3) is 0.150. The van der Waals surface area contributed by atoms with Crippen molar-refractivity contribution in [2.45, 2.75) is 13.8 Å². The minimum atomic E-state index is -0.184. The summed E-state index contributed by atoms with van der Waals surface area (Å²) in [6, 6.07) is 22.7. The predicted octanol–water partition coefficient (Wildman–Crippen LogP) is 5.22. The molecule has 0 saturated carbocycles. The van der Waals surface area contributed by atoms with Crippen molar-refractivity contribution in [3.63, 3.8) is 0 Å². The lowest BCUT2D eigenvalue weighted by molar-refractivity contribution is 0.628. The summed E-state index contributed by atoms with van der Waals surface area (Å²) in [4.78, 5) is 0. The molecule has 1 heteroatoms. The van der Waals surface area contributed by atoms with Crippen LogP contribution in [0.4, 0.5) is 0 Å². The number of benzene rings is 2. The van der Waals surface area contributed by atoms with E-state index in [1.807, 2.05) is 42.5 Å². The standard InChI is InChI=1S/C20H19N/c1-20(2,14-9-15-21)16-19(17-10-5-3-6-11-17)18-12-7-4-8-13-18/h3-14,16H,1-2H3/b14-9+. The summed E-state index contributed by atoms with van der Waals surface area (Å²) in [6.07, 6.45) is 5.69. The van der Waals surface area contributed by atoms with Crippen LogP contribution in [0.15, 0.2) is 78.9 Å². The van der Waals surface area contributed by atoms with Gasteiger partial charge in [-0.2, -0.15) is 5.26 Å². The van der Waals surface area contributed by atoms with Gasteiger partial charge in [0.2, 0.25) is 0 Å². The van der Waals surface area contributed by atoms with Gasteiger partial charge in [-0.05, 0) is 16.7 Å². The van der Waals surface area contributed by atoms with Crippen molar-refractivity contribution in [1.82, 2.24) is 0 Å². The summed E-state index contributed by atoms with van der Waals surface area (Å²) in [7, 11) is 0. The van der Waals surface area contributed by atoms with Crippen LogP contribution in [0.25, 0.3) is 5.57 Å². The highest BCUT2D eigenvalue weighted by molar-refractivity contribution is 5.80. The molecule has 104 valence electrons. The van der Waals surface area contributed by atoms with Crippen molar-refractivity contribution in [1.29, 1.82) is 5.26 Å². The number of hydrogen-bond donors (Lipinski definition) is 0. The minimum absolute atomic E-state index is 0.184. The monoisotopic (exact) mass is 273 g/mol. The van der Waals surface area contributed by atoms with Gasteiger partial charge >= 0.3 is 0 Å². The first kappa shape index (κ1) is 14.8. The quantitative estimate of drug-likeness (QED) is 0.700. The summed E-state index contributed by atoms with van der Waals surface area (Å²) >= 11 is 0. The Bertz CT molecular complexity index is 629. The van der Waals surface area contributed by atoms with Crippen LogP contribution in [0.3, 0.4) is 0 Å². The molecule has 2 aromatic carbocycles. The molecule has 0 aliphatic rings. The highest BCUT2D eigenvalue weighted by Crippen LogP contribution is 2.30. The summed E-state index contributed by atoms with van der Waals surface area (Å²) < 4.78 is 0. The second kappa shape index (κ2) is 6.72. The van der Waals surface area contributed by atoms with Gasteiger partial charge in [0.25, 0.3) is 0 Å². The van der Waals surface area contributed by atoms with Gasteiger partial charge in [-0.25, -0.2) is 0 Å². The van der Waals surface area contributed by atoms with E-state index in [1.165, 1.54) is 16.7 Å². The van der Waals surface area contributed by atoms with Gasteiger partial charge in [0.15, 0.2) is 0 Å². The van der Waals surface area contributed by atoms with Crippen LogP contribution in [0.5, 0.6) is 0 Å². The van der Waals surface area contributed by atoms with Crippen LogP contribution in [0.1, 0.15) is 25.0 Å². The van der Waals surface area contributed by atoms with Crippen LogP contribution in [0, 0.1) is 16.7 Å². The molecule has 0 radical (unpaired) electrons. The van der Waals surface area contributed by atoms with Gasteiger partial charge in [0, 0.05) is 11.5 Å². The second-order valence-electron chi connectivity index (χ2n) is 5.57. The third-order valence-corrected chi connectivity index (χ3v) is 3.27. The van der Waals surface area contributed by atoms with Gasteiger partial charge in [-0.1, -0.05) is 86.7 Å². The van der Waals surface area contributed by atoms with E-state index < -0.39 is 0 Å². The minimum Gasteiger partial charge on any atom is -0.193 e. The van der Waals surface area contributed by atoms with Crippen LogP contribution >= 0.6 is 0 Å². The van der Waals surface area contributed by atoms with Crippen LogP contribution in [-0.2, 0) is 0 Å². The molecule has 0 N–H and O–H groups in total. The molecule has 0 aliphatic carbocycles. The lowest BCUT2D eigenvalue weighted by atomic mass is 9.86. The maximum Gasteiger partial charge on any atom is 0.0909 e. The maximum absolute atomic E-state index is 8.74. The van der Waals surface area contributed by atoms with Gasteiger partial charge < -0.3 is 0 Å². The first-order valence-corrected chi connectivity index (χ1v) is 7.03. The Morgan fingerprint density at radius 3 is 1.81 bits per heavy atom. The molecular weight excluding hydrogens is 254 g/mol. The Morgan fingerprint density at radius 1 is 0.905 bits per heavy atom. The van der Waals surface area contributed by atoms with Gasteiger partial charge in [0.05, 0.1) is 6.07 Å². The molecule has 0 aliphatic heterocycles. The zero-order valence-electron chi connectivity index (χ0n) is 12.5. The molecule has 0 bridgehead atoms. The number of nitriles is 1. The van der Waals surface area contributed by atoms with Crippen molar-refractivity contribution in [3.8, 4) is 6.07 Å². The molecule has 0 spiro atoms. The Kier molecular flexibility index (Phi) is 4.74. The van der Waals surface area contributed by atoms with E-state index in [-0.39, 0.29) is 5.41 Å². The van der Waals surface area contributed by atoms with Crippen molar-refractivity contribution in [2.75, 3.05) is 0 Å². The topological polar surface area (TPSA) is 23.8 Å². The molecule has 0 fully saturated rings. The summed E-state index contributed by atoms with van der Waals surface area (Å²) in [6.45, 7) is 4.21. The van der Waals surface area contributed by atoms with Crippen molar-refractivity contribution < 1.29 is 0 Å². The molecule has 21 heavy (non-hydrogen) atoms. The molecule has 2 aromatic rings. The molecule has 0 amide bonds. The first-order chi connectivity index (χ1) is 10.1. The molecular formula is C20H19N. The molecule has 0 saturated heterocycles. The summed E-state index contributed by atoms with van der Waals surface area (Å²) in [5.41, 5.74) is 3.37. The highest BCUT2D eigenvalue weighted by atomic mass is 14.2. The molecule has 1 nitrogen and oxygen atoms in total. The lowest BCUT2D eigenvalue weighted by Crippen LogP contribution is -2.04. The van der Waals surface area contributed by atoms with Gasteiger partial charge in [-0.15, -0.1) is 0 Å². The van der Waals surface area contributed by atoms with Crippen LogP contribution in [0.2, 0.25) is 0 Å². The fourth-order valence-electron chi connectivity index (χ4n) is 2.24. The first-order valence-electron chi connectivity index (χ1n) is 7.03. The maximum atomic E-state index is 8.74. The van der Waals surface area contributed by atoms with Crippen molar-refractivity contribution in [2.24, 2.45) is 5.41 Å². The smallest absolute Gasteiger partial charge is 0.0909 e. The molecule has 0 aromatic heterocycles. The summed E-state index contributed by atoms with van der Waals surface area (Å²) in [5.74, 6) is 0. The van der Waals surface area contributed by atoms with E-state index in [9.17, 15) is 0 Å². The van der Waals surface area contributed by atoms with E-state index in [0.717, 1.165) is 0 Å². The molecule has 2 rings (SSSR count). The largest absolute Gasteiger partial charge is 0.193 e. The number of allylic oxidation sites excluding steroid dienone is 3. The van der Waals surface area contributed by atoms with Crippen LogP contribution < -0.4 is 0 Å². The predicted molar refractivity (Wildman–Crippen MR) is 88.5 cm³/mol. The molecule has 0 unspecified atom stereocenters. The van der Waals surface area contributed by atoms with E-state index in [0.29, 0.717) is 0 Å². The molecule has 0 atom stereocenters. The van der Waals surface area contributed by atoms with Crippen molar-refractivity contribution >= 4 is 5.57 Å². The molecule has 0 heterocycles. The zero-order chi connectivity index (χ0) is 15.1. The Balaban J connectivity index is 2.53.